The Kier molecular flexibility index (Phi) is 8.73. The third-order valence-electron chi connectivity index (χ3n) is 8.77. The zero-order chi connectivity index (χ0) is 31.0. The number of hydrogen-bond donors (Lipinski definition) is 4. The maximum atomic E-state index is 13.3. The highest BCUT2D eigenvalue weighted by molar-refractivity contribution is 6.39. The topological polar surface area (TPSA) is 120 Å². The molecule has 1 saturated heterocycles. The Bertz CT molecular complexity index is 1720. The van der Waals surface area contributed by atoms with Gasteiger partial charge in [-0.05, 0) is 68.2 Å². The Morgan fingerprint density at radius 1 is 1.09 bits per heavy atom. The Labute approximate surface area is 266 Å². The average molecular weight is 638 g/mol. The van der Waals surface area contributed by atoms with Gasteiger partial charge in [-0.25, -0.2) is 4.98 Å². The molecule has 2 amide bonds. The lowest BCUT2D eigenvalue weighted by Crippen LogP contribution is -2.35. The summed E-state index contributed by atoms with van der Waals surface area (Å²) in [5.41, 5.74) is 6.80. The van der Waals surface area contributed by atoms with Crippen molar-refractivity contribution in [3.8, 4) is 0 Å². The van der Waals surface area contributed by atoms with Gasteiger partial charge in [0.2, 0.25) is 5.95 Å². The van der Waals surface area contributed by atoms with Crippen LogP contribution in [0.3, 0.4) is 0 Å². The molecule has 1 aliphatic heterocycles. The second-order valence-corrected chi connectivity index (χ2v) is 12.6. The fourth-order valence-corrected chi connectivity index (χ4v) is 6.62. The SMILES string of the molecule is CCCNC(=O)c1cc2nc(Nc3c(Cl)ccc(CNC(=O)c4n[nH]c5c4CCC5)c3Cl)n(C)c2cc1N1CCC(C)CC1. The lowest BCUT2D eigenvalue weighted by molar-refractivity contribution is 0.0940. The number of aromatic nitrogens is 4. The van der Waals surface area contributed by atoms with E-state index in [9.17, 15) is 9.59 Å². The number of halogens is 2. The number of fused-ring (bicyclic) bond motifs is 2. The van der Waals surface area contributed by atoms with E-state index in [1.807, 2.05) is 24.6 Å². The van der Waals surface area contributed by atoms with Crippen molar-refractivity contribution in [1.82, 2.24) is 30.4 Å². The summed E-state index contributed by atoms with van der Waals surface area (Å²) in [4.78, 5) is 33.3. The Morgan fingerprint density at radius 2 is 1.89 bits per heavy atom. The molecular weight excluding hydrogens is 599 g/mol. The first-order chi connectivity index (χ1) is 21.2. The van der Waals surface area contributed by atoms with Gasteiger partial charge in [-0.2, -0.15) is 5.10 Å². The van der Waals surface area contributed by atoms with Crippen LogP contribution in [0.5, 0.6) is 0 Å². The number of amides is 2. The Balaban J connectivity index is 1.27. The number of aryl methyl sites for hydroxylation is 2. The van der Waals surface area contributed by atoms with E-state index in [0.29, 0.717) is 56.5 Å². The predicted octanol–water partition coefficient (Wildman–Crippen LogP) is 6.14. The molecule has 6 rings (SSSR count). The molecule has 2 aliphatic rings. The molecule has 2 aromatic carbocycles. The first kappa shape index (κ1) is 30.3. The maximum absolute atomic E-state index is 13.3. The van der Waals surface area contributed by atoms with Crippen molar-refractivity contribution >= 4 is 63.4 Å². The number of carbonyl (C=O) groups is 2. The predicted molar refractivity (Wildman–Crippen MR) is 175 cm³/mol. The quantitative estimate of drug-likeness (QED) is 0.175. The van der Waals surface area contributed by atoms with Gasteiger partial charge in [0.05, 0.1) is 38.0 Å². The summed E-state index contributed by atoms with van der Waals surface area (Å²) in [7, 11) is 1.92. The molecule has 2 aromatic heterocycles. The van der Waals surface area contributed by atoms with E-state index in [4.69, 9.17) is 28.2 Å². The van der Waals surface area contributed by atoms with Gasteiger partial charge >= 0.3 is 0 Å². The van der Waals surface area contributed by atoms with Crippen LogP contribution in [0, 0.1) is 5.92 Å². The minimum Gasteiger partial charge on any atom is -0.371 e. The maximum Gasteiger partial charge on any atom is 0.272 e. The van der Waals surface area contributed by atoms with Crippen LogP contribution in [-0.2, 0) is 26.4 Å². The van der Waals surface area contributed by atoms with Gasteiger partial charge in [0.25, 0.3) is 11.8 Å². The molecule has 0 atom stereocenters. The van der Waals surface area contributed by atoms with Crippen LogP contribution in [0.2, 0.25) is 10.0 Å². The van der Waals surface area contributed by atoms with Gasteiger partial charge in [0.1, 0.15) is 0 Å². The average Bonchev–Trinajstić information content (AvgIpc) is 3.72. The number of nitrogens with one attached hydrogen (secondary N) is 4. The highest BCUT2D eigenvalue weighted by atomic mass is 35.5. The van der Waals surface area contributed by atoms with Gasteiger partial charge < -0.3 is 25.4 Å². The van der Waals surface area contributed by atoms with Crippen LogP contribution < -0.4 is 20.9 Å². The van der Waals surface area contributed by atoms with E-state index in [1.54, 1.807) is 12.1 Å². The normalized spacial score (nSPS) is 15.1. The fraction of sp³-hybridized carbons (Fsp3) is 0.438. The van der Waals surface area contributed by atoms with Crippen molar-refractivity contribution in [1.29, 1.82) is 0 Å². The van der Waals surface area contributed by atoms with Crippen LogP contribution >= 0.6 is 23.2 Å². The number of benzene rings is 2. The molecule has 10 nitrogen and oxygen atoms in total. The van der Waals surface area contributed by atoms with Crippen molar-refractivity contribution < 1.29 is 9.59 Å². The van der Waals surface area contributed by atoms with E-state index < -0.39 is 0 Å². The first-order valence-electron chi connectivity index (χ1n) is 15.4. The van der Waals surface area contributed by atoms with Crippen LogP contribution in [-0.4, -0.2) is 51.2 Å². The van der Waals surface area contributed by atoms with Crippen LogP contribution in [0.4, 0.5) is 17.3 Å². The highest BCUT2D eigenvalue weighted by Gasteiger charge is 2.25. The molecular formula is C32H38Cl2N8O2. The molecule has 0 spiro atoms. The molecule has 232 valence electrons. The van der Waals surface area contributed by atoms with E-state index in [-0.39, 0.29) is 18.4 Å². The number of carbonyl (C=O) groups excluding carboxylic acids is 2. The summed E-state index contributed by atoms with van der Waals surface area (Å²) >= 11 is 13.5. The van der Waals surface area contributed by atoms with Crippen LogP contribution in [0.25, 0.3) is 11.0 Å². The summed E-state index contributed by atoms with van der Waals surface area (Å²) in [6.07, 6.45) is 5.83. The summed E-state index contributed by atoms with van der Waals surface area (Å²) in [6, 6.07) is 7.48. The van der Waals surface area contributed by atoms with Crippen molar-refractivity contribution in [3.05, 3.63) is 62.4 Å². The molecule has 4 N–H and O–H groups in total. The molecule has 3 heterocycles. The third kappa shape index (κ3) is 5.85. The molecule has 12 heteroatoms. The summed E-state index contributed by atoms with van der Waals surface area (Å²) in [5.74, 6) is 0.868. The third-order valence-corrected chi connectivity index (χ3v) is 9.52. The number of rotatable bonds is 9. The number of imidazole rings is 1. The fourth-order valence-electron chi connectivity index (χ4n) is 6.09. The number of hydrogen-bond acceptors (Lipinski definition) is 6. The zero-order valence-corrected chi connectivity index (χ0v) is 26.8. The molecule has 0 unspecified atom stereocenters. The van der Waals surface area contributed by atoms with Crippen molar-refractivity contribution in [3.63, 3.8) is 0 Å². The van der Waals surface area contributed by atoms with Gasteiger partial charge in [-0.3, -0.25) is 14.7 Å². The molecule has 0 saturated carbocycles. The molecule has 1 aliphatic carbocycles. The van der Waals surface area contributed by atoms with Gasteiger partial charge in [-0.15, -0.1) is 0 Å². The first-order valence-corrected chi connectivity index (χ1v) is 16.1. The molecule has 0 bridgehead atoms. The van der Waals surface area contributed by atoms with Gasteiger partial charge in [0, 0.05) is 44.5 Å². The van der Waals surface area contributed by atoms with Crippen LogP contribution in [0.1, 0.15) is 77.2 Å². The molecule has 1 fully saturated rings. The van der Waals surface area contributed by atoms with Crippen molar-refractivity contribution in [2.24, 2.45) is 13.0 Å². The molecule has 0 radical (unpaired) electrons. The largest absolute Gasteiger partial charge is 0.371 e. The van der Waals surface area contributed by atoms with Gasteiger partial charge in [0.15, 0.2) is 5.69 Å². The highest BCUT2D eigenvalue weighted by Crippen LogP contribution is 2.37. The van der Waals surface area contributed by atoms with Gasteiger partial charge in [-0.1, -0.05) is 43.1 Å². The Morgan fingerprint density at radius 3 is 2.66 bits per heavy atom. The van der Waals surface area contributed by atoms with Crippen LogP contribution in [0.15, 0.2) is 24.3 Å². The smallest absolute Gasteiger partial charge is 0.272 e. The van der Waals surface area contributed by atoms with Crippen molar-refractivity contribution in [2.75, 3.05) is 29.9 Å². The second kappa shape index (κ2) is 12.7. The lowest BCUT2D eigenvalue weighted by Gasteiger charge is -2.33. The summed E-state index contributed by atoms with van der Waals surface area (Å²) in [5, 5.41) is 17.3. The minimum atomic E-state index is -0.238. The Hall–Kier alpha value is -3.76. The number of aromatic amines is 1. The number of H-pyrrole nitrogens is 1. The monoisotopic (exact) mass is 636 g/mol. The number of nitrogens with zero attached hydrogens (tertiary/aromatic N) is 4. The van der Waals surface area contributed by atoms with Crippen molar-refractivity contribution in [2.45, 2.75) is 58.9 Å². The number of piperidine rings is 1. The van der Waals surface area contributed by atoms with E-state index in [1.165, 1.54) is 0 Å². The zero-order valence-electron chi connectivity index (χ0n) is 25.3. The second-order valence-electron chi connectivity index (χ2n) is 11.9. The van der Waals surface area contributed by atoms with E-state index in [2.05, 4.69) is 44.0 Å². The lowest BCUT2D eigenvalue weighted by atomic mass is 9.97. The number of anilines is 3. The minimum absolute atomic E-state index is 0.0943. The standard InChI is InChI=1S/C32H38Cl2N8O2/c1-4-12-35-30(43)21-15-24-26(16-25(21)42-13-10-18(2)11-14-42)41(3)32(37-24)38-29-22(33)9-8-19(27(29)34)17-36-31(44)28-20-6-5-7-23(20)39-40-28/h8-9,15-16,18H,4-7,10-14,17H2,1-3H3,(H,35,43)(H,36,44)(H,37,38)(H,39,40). The molecule has 4 aromatic rings. The summed E-state index contributed by atoms with van der Waals surface area (Å²) in [6.45, 7) is 6.94. The van der Waals surface area contributed by atoms with E-state index in [0.717, 1.165) is 74.1 Å². The molecule has 44 heavy (non-hydrogen) atoms. The summed E-state index contributed by atoms with van der Waals surface area (Å²) < 4.78 is 1.94. The van der Waals surface area contributed by atoms with E-state index >= 15 is 0 Å².